The summed E-state index contributed by atoms with van der Waals surface area (Å²) in [6, 6.07) is 6.91. The van der Waals surface area contributed by atoms with Crippen LogP contribution in [0.4, 0.5) is 0 Å². The molecule has 122 valence electrons. The smallest absolute Gasteiger partial charge is 0.341 e. The van der Waals surface area contributed by atoms with Gasteiger partial charge in [0.25, 0.3) is 0 Å². The van der Waals surface area contributed by atoms with E-state index in [-0.39, 0.29) is 0 Å². The highest BCUT2D eigenvalue weighted by Crippen LogP contribution is 2.36. The molecule has 1 aliphatic rings. The van der Waals surface area contributed by atoms with Crippen molar-refractivity contribution in [2.45, 2.75) is 25.6 Å². The Kier molecular flexibility index (Phi) is 4.92. The van der Waals surface area contributed by atoms with Gasteiger partial charge in [0, 0.05) is 5.02 Å². The first-order valence-electron chi connectivity index (χ1n) is 7.07. The molecule has 5 nitrogen and oxygen atoms in total. The van der Waals surface area contributed by atoms with E-state index in [1.807, 2.05) is 0 Å². The number of carboxylic acid groups (broad SMARTS) is 2. The van der Waals surface area contributed by atoms with Crippen molar-refractivity contribution in [1.29, 1.82) is 0 Å². The lowest BCUT2D eigenvalue weighted by Crippen LogP contribution is -2.51. The maximum absolute atomic E-state index is 11.7. The summed E-state index contributed by atoms with van der Waals surface area (Å²) in [6.07, 6.45) is 3.80. The van der Waals surface area contributed by atoms with Crippen LogP contribution < -0.4 is 0 Å². The molecule has 23 heavy (non-hydrogen) atoms. The van der Waals surface area contributed by atoms with E-state index in [1.165, 1.54) is 12.2 Å². The predicted molar refractivity (Wildman–Crippen MR) is 86.3 cm³/mol. The van der Waals surface area contributed by atoms with Crippen molar-refractivity contribution in [3.05, 3.63) is 53.1 Å². The molecule has 1 aromatic rings. The third-order valence-corrected chi connectivity index (χ3v) is 3.74. The fourth-order valence-corrected chi connectivity index (χ4v) is 2.74. The van der Waals surface area contributed by atoms with Gasteiger partial charge in [0.1, 0.15) is 5.92 Å². The quantitative estimate of drug-likeness (QED) is 0.862. The van der Waals surface area contributed by atoms with Crippen LogP contribution in [0.1, 0.15) is 19.4 Å². The predicted octanol–water partition coefficient (Wildman–Crippen LogP) is 3.24. The first kappa shape index (κ1) is 17.2. The molecule has 0 radical (unpaired) electrons. The van der Waals surface area contributed by atoms with Gasteiger partial charge >= 0.3 is 11.9 Å². The summed E-state index contributed by atoms with van der Waals surface area (Å²) >= 11 is 5.95. The molecule has 6 heteroatoms. The van der Waals surface area contributed by atoms with Gasteiger partial charge in [0.2, 0.25) is 5.60 Å². The van der Waals surface area contributed by atoms with Crippen LogP contribution in [0.25, 0.3) is 5.57 Å². The van der Waals surface area contributed by atoms with Crippen LogP contribution in [0.3, 0.4) is 0 Å². The maximum Gasteiger partial charge on any atom is 0.341 e. The Bertz CT molecular complexity index is 692. The topological polar surface area (TPSA) is 83.8 Å². The number of ether oxygens (including phenoxy) is 1. The second-order valence-corrected chi connectivity index (χ2v) is 5.98. The lowest BCUT2D eigenvalue weighted by Gasteiger charge is -2.35. The monoisotopic (exact) mass is 336 g/mol. The molecule has 0 bridgehead atoms. The number of halogens is 1. The number of benzene rings is 1. The molecule has 0 saturated heterocycles. The zero-order chi connectivity index (χ0) is 17.2. The number of carboxylic acids is 2. The van der Waals surface area contributed by atoms with Gasteiger partial charge in [-0.25, -0.2) is 4.79 Å². The molecule has 0 spiro atoms. The number of hydrogen-bond donors (Lipinski definition) is 2. The molecule has 0 heterocycles. The summed E-state index contributed by atoms with van der Waals surface area (Å²) in [5.41, 5.74) is -0.630. The fourth-order valence-electron chi connectivity index (χ4n) is 2.55. The van der Waals surface area contributed by atoms with Gasteiger partial charge < -0.3 is 14.9 Å². The SMILES string of the molecule is CC(C)OC1(C(=O)O)C=CC(c2cccc(Cl)c2)=CC1C(=O)O. The minimum atomic E-state index is -1.93. The molecule has 2 atom stereocenters. The number of aliphatic carboxylic acids is 2. The van der Waals surface area contributed by atoms with Crippen LogP contribution in [-0.4, -0.2) is 33.9 Å². The van der Waals surface area contributed by atoms with E-state index in [0.29, 0.717) is 16.2 Å². The molecule has 2 N–H and O–H groups in total. The Balaban J connectivity index is 2.51. The van der Waals surface area contributed by atoms with Crippen LogP contribution >= 0.6 is 11.6 Å². The number of carbonyl (C=O) groups is 2. The Morgan fingerprint density at radius 3 is 2.52 bits per heavy atom. The van der Waals surface area contributed by atoms with E-state index in [9.17, 15) is 19.8 Å². The maximum atomic E-state index is 11.7. The van der Waals surface area contributed by atoms with Gasteiger partial charge in [-0.2, -0.15) is 0 Å². The van der Waals surface area contributed by atoms with Crippen molar-refractivity contribution in [3.63, 3.8) is 0 Å². The molecule has 0 aliphatic heterocycles. The van der Waals surface area contributed by atoms with E-state index < -0.39 is 29.6 Å². The first-order valence-corrected chi connectivity index (χ1v) is 7.45. The highest BCUT2D eigenvalue weighted by molar-refractivity contribution is 6.30. The molecule has 0 aromatic heterocycles. The third-order valence-electron chi connectivity index (χ3n) is 3.51. The fraction of sp³-hybridized carbons (Fsp3) is 0.294. The standard InChI is InChI=1S/C17H17ClO5/c1-10(2)23-17(16(21)22)7-6-12(9-14(17)15(19)20)11-4-3-5-13(18)8-11/h3-10,14H,1-2H3,(H,19,20)(H,21,22). The Morgan fingerprint density at radius 1 is 1.30 bits per heavy atom. The molecular formula is C17H17ClO5. The zero-order valence-corrected chi connectivity index (χ0v) is 13.4. The number of rotatable bonds is 5. The van der Waals surface area contributed by atoms with E-state index >= 15 is 0 Å². The van der Waals surface area contributed by atoms with E-state index in [2.05, 4.69) is 0 Å². The summed E-state index contributed by atoms with van der Waals surface area (Å²) in [4.78, 5) is 23.4. The van der Waals surface area contributed by atoms with Crippen molar-refractivity contribution in [1.82, 2.24) is 0 Å². The van der Waals surface area contributed by atoms with Crippen LogP contribution in [0, 0.1) is 5.92 Å². The molecule has 0 fully saturated rings. The first-order chi connectivity index (χ1) is 10.8. The normalized spacial score (nSPS) is 23.7. The molecular weight excluding hydrogens is 320 g/mol. The average Bonchev–Trinajstić information content (AvgIpc) is 2.46. The van der Waals surface area contributed by atoms with Gasteiger partial charge in [-0.15, -0.1) is 0 Å². The lowest BCUT2D eigenvalue weighted by molar-refractivity contribution is -0.177. The molecule has 0 saturated carbocycles. The van der Waals surface area contributed by atoms with Crippen molar-refractivity contribution < 1.29 is 24.5 Å². The van der Waals surface area contributed by atoms with Crippen LogP contribution in [-0.2, 0) is 14.3 Å². The summed E-state index contributed by atoms with van der Waals surface area (Å²) in [7, 11) is 0. The highest BCUT2D eigenvalue weighted by Gasteiger charge is 2.50. The summed E-state index contributed by atoms with van der Waals surface area (Å²) < 4.78 is 5.48. The average molecular weight is 337 g/mol. The van der Waals surface area contributed by atoms with Crippen molar-refractivity contribution in [2.75, 3.05) is 0 Å². The van der Waals surface area contributed by atoms with Gasteiger partial charge in [-0.1, -0.05) is 35.9 Å². The van der Waals surface area contributed by atoms with Crippen molar-refractivity contribution in [2.24, 2.45) is 5.92 Å². The van der Waals surface area contributed by atoms with E-state index in [0.717, 1.165) is 0 Å². The largest absolute Gasteiger partial charge is 0.481 e. The Hall–Kier alpha value is -2.11. The molecule has 1 aliphatic carbocycles. The third kappa shape index (κ3) is 3.46. The van der Waals surface area contributed by atoms with E-state index in [1.54, 1.807) is 44.2 Å². The Morgan fingerprint density at radius 2 is 2.00 bits per heavy atom. The zero-order valence-electron chi connectivity index (χ0n) is 12.7. The van der Waals surface area contributed by atoms with Crippen LogP contribution in [0.2, 0.25) is 5.02 Å². The Labute approximate surface area is 138 Å². The van der Waals surface area contributed by atoms with Gasteiger partial charge in [0.05, 0.1) is 6.10 Å². The van der Waals surface area contributed by atoms with Gasteiger partial charge in [-0.05, 0) is 43.2 Å². The van der Waals surface area contributed by atoms with Crippen molar-refractivity contribution in [3.8, 4) is 0 Å². The minimum Gasteiger partial charge on any atom is -0.481 e. The molecule has 1 aromatic carbocycles. The highest BCUT2D eigenvalue weighted by atomic mass is 35.5. The second kappa shape index (κ2) is 6.56. The molecule has 0 amide bonds. The van der Waals surface area contributed by atoms with Gasteiger partial charge in [0.15, 0.2) is 0 Å². The summed E-state index contributed by atoms with van der Waals surface area (Å²) in [6.45, 7) is 3.32. The minimum absolute atomic E-state index is 0.446. The second-order valence-electron chi connectivity index (χ2n) is 5.55. The summed E-state index contributed by atoms with van der Waals surface area (Å²) in [5.74, 6) is -3.95. The molecule has 2 unspecified atom stereocenters. The van der Waals surface area contributed by atoms with Crippen molar-refractivity contribution >= 4 is 29.1 Å². The van der Waals surface area contributed by atoms with E-state index in [4.69, 9.17) is 16.3 Å². The summed E-state index contributed by atoms with van der Waals surface area (Å²) in [5, 5.41) is 19.6. The number of allylic oxidation sites excluding steroid dienone is 2. The van der Waals surface area contributed by atoms with Crippen LogP contribution in [0.15, 0.2) is 42.5 Å². The van der Waals surface area contributed by atoms with Gasteiger partial charge in [-0.3, -0.25) is 4.79 Å². The molecule has 2 rings (SSSR count). The lowest BCUT2D eigenvalue weighted by atomic mass is 9.79. The van der Waals surface area contributed by atoms with Crippen LogP contribution in [0.5, 0.6) is 0 Å². The number of hydrogen-bond acceptors (Lipinski definition) is 3.